The van der Waals surface area contributed by atoms with Crippen molar-refractivity contribution < 1.29 is 2.74 Å². The minimum Gasteiger partial charge on any atom is -0.126 e. The van der Waals surface area contributed by atoms with Crippen LogP contribution >= 0.6 is 33.2 Å². The third-order valence-electron chi connectivity index (χ3n) is 4.02. The summed E-state index contributed by atoms with van der Waals surface area (Å²) in [4.78, 5) is 0. The second-order valence-corrected chi connectivity index (χ2v) is 15.6. The van der Waals surface area contributed by atoms with Crippen LogP contribution in [0.5, 0.6) is 0 Å². The minimum absolute atomic E-state index is 0.736. The van der Waals surface area contributed by atoms with E-state index < -0.39 is 12.4 Å². The first-order valence-corrected chi connectivity index (χ1v) is 14.6. The molecule has 0 unspecified atom stereocenters. The summed E-state index contributed by atoms with van der Waals surface area (Å²) in [7, 11) is 0. The summed E-state index contributed by atoms with van der Waals surface area (Å²) in [6.07, 6.45) is 16.0. The molecule has 0 aliphatic rings. The van der Waals surface area contributed by atoms with Gasteiger partial charge in [0, 0.05) is 2.74 Å². The monoisotopic (exact) mass is 388 g/mol. The first kappa shape index (κ1) is 19.4. The zero-order chi connectivity index (χ0) is 18.3. The van der Waals surface area contributed by atoms with Gasteiger partial charge in [0.25, 0.3) is 0 Å². The van der Waals surface area contributed by atoms with E-state index in [1.807, 2.05) is 0 Å². The Bertz CT molecular complexity index is 284. The number of rotatable bonds is 17. The van der Waals surface area contributed by atoms with E-state index in [4.69, 9.17) is 36.0 Å². The maximum absolute atomic E-state index is 8.06. The largest absolute Gasteiger partial charge is 0.341 e. The number of hydrogen-bond acceptors (Lipinski definition) is 0. The van der Waals surface area contributed by atoms with Crippen LogP contribution < -0.4 is 0 Å². The molecule has 0 nitrogen and oxygen atoms in total. The number of hydrogen-bond donors (Lipinski definition) is 0. The lowest BCUT2D eigenvalue weighted by Crippen LogP contribution is -2.07. The van der Waals surface area contributed by atoms with Gasteiger partial charge >= 0.3 is 6.00 Å². The molecule has 134 valence electrons. The zero-order valence-corrected chi connectivity index (χ0v) is 17.7. The lowest BCUT2D eigenvalue weighted by Gasteiger charge is -2.07. The van der Waals surface area contributed by atoms with Crippen LogP contribution in [0.25, 0.3) is 0 Å². The fraction of sp³-hybridized carbons (Fsp3) is 1.00. The van der Waals surface area contributed by atoms with Crippen molar-refractivity contribution in [2.45, 2.75) is 116 Å². The second-order valence-electron chi connectivity index (χ2n) is 6.36. The lowest BCUT2D eigenvalue weighted by atomic mass is 10.0. The maximum Gasteiger partial charge on any atom is 0.341 e. The van der Waals surface area contributed by atoms with Crippen molar-refractivity contribution in [2.24, 2.45) is 0 Å². The van der Waals surface area contributed by atoms with Crippen molar-refractivity contribution in [1.29, 1.82) is 0 Å². The van der Waals surface area contributed by atoms with E-state index in [0.29, 0.717) is 0 Å². The Morgan fingerprint density at radius 1 is 0.591 bits per heavy atom. The van der Waals surface area contributed by atoms with Crippen LogP contribution in [-0.2, 0) is 0 Å². The molecule has 0 N–H and O–H groups in total. The Balaban J connectivity index is 3.32. The highest BCUT2D eigenvalue weighted by molar-refractivity contribution is 7.64. The van der Waals surface area contributed by atoms with Crippen molar-refractivity contribution >= 4 is 39.2 Å². The first-order chi connectivity index (χ1) is 11.3. The van der Waals surface area contributed by atoms with Crippen LogP contribution in [0.15, 0.2) is 0 Å². The summed E-state index contributed by atoms with van der Waals surface area (Å²) in [5.74, 6) is 0. The van der Waals surface area contributed by atoms with E-state index in [1.54, 1.807) is 0 Å². The summed E-state index contributed by atoms with van der Waals surface area (Å²) < 4.78 is 16.1. The van der Waals surface area contributed by atoms with E-state index in [-0.39, 0.29) is 0 Å². The molecule has 0 saturated heterocycles. The van der Waals surface area contributed by atoms with Gasteiger partial charge in [0.2, 0.25) is 0 Å². The van der Waals surface area contributed by atoms with Gasteiger partial charge in [-0.25, -0.2) is 0 Å². The van der Waals surface area contributed by atoms with Crippen LogP contribution in [0.3, 0.4) is 0 Å². The third kappa shape index (κ3) is 21.1. The molecule has 0 aliphatic heterocycles. The van der Waals surface area contributed by atoms with Gasteiger partial charge in [-0.1, -0.05) is 110 Å². The topological polar surface area (TPSA) is 0 Å². The predicted octanol–water partition coefficient (Wildman–Crippen LogP) is 8.90. The smallest absolute Gasteiger partial charge is 0.126 e. The summed E-state index contributed by atoms with van der Waals surface area (Å²) in [6.45, 7) is 2.19. The van der Waals surface area contributed by atoms with Crippen molar-refractivity contribution in [3.8, 4) is 0 Å². The average Bonchev–Trinajstić information content (AvgIpc) is 2.48. The van der Waals surface area contributed by atoms with Gasteiger partial charge < -0.3 is 0 Å². The molecular formula is C18H37Cl3Si. The normalized spacial score (nSPS) is 14.0. The second kappa shape index (κ2) is 16.9. The van der Waals surface area contributed by atoms with E-state index in [0.717, 1.165) is 38.1 Å². The molecular weight excluding hydrogens is 351 g/mol. The van der Waals surface area contributed by atoms with Gasteiger partial charge in [-0.2, -0.15) is 0 Å². The van der Waals surface area contributed by atoms with E-state index in [9.17, 15) is 0 Å². The Labute approximate surface area is 157 Å². The maximum atomic E-state index is 8.06. The average molecular weight is 390 g/mol. The molecule has 0 radical (unpaired) electrons. The van der Waals surface area contributed by atoms with Gasteiger partial charge in [-0.3, -0.25) is 0 Å². The lowest BCUT2D eigenvalue weighted by molar-refractivity contribution is 0.531. The highest BCUT2D eigenvalue weighted by Crippen LogP contribution is 2.27. The summed E-state index contributed by atoms with van der Waals surface area (Å²) >= 11 is 17.6. The quantitative estimate of drug-likeness (QED) is 0.132. The van der Waals surface area contributed by atoms with Gasteiger partial charge in [0.1, 0.15) is 0 Å². The molecule has 0 aromatic rings. The predicted molar refractivity (Wildman–Crippen MR) is 108 cm³/mol. The molecule has 0 aliphatic carbocycles. The van der Waals surface area contributed by atoms with Gasteiger partial charge in [-0.05, 0) is 6.04 Å². The van der Waals surface area contributed by atoms with Crippen molar-refractivity contribution in [1.82, 2.24) is 0 Å². The molecule has 0 rings (SSSR count). The van der Waals surface area contributed by atoms with Crippen LogP contribution in [0, 0.1) is 0 Å². The third-order valence-corrected chi connectivity index (χ3v) is 6.64. The fourth-order valence-electron chi connectivity index (χ4n) is 2.61. The summed E-state index contributed by atoms with van der Waals surface area (Å²) in [5.41, 5.74) is 0. The molecule has 0 bridgehead atoms. The molecule has 0 heterocycles. The van der Waals surface area contributed by atoms with Crippen LogP contribution in [0.2, 0.25) is 6.04 Å². The van der Waals surface area contributed by atoms with E-state index in [2.05, 4.69) is 6.92 Å². The molecule has 22 heavy (non-hydrogen) atoms. The molecule has 0 saturated carbocycles. The van der Waals surface area contributed by atoms with Gasteiger partial charge in [0.15, 0.2) is 0 Å². The Kier molecular flexibility index (Phi) is 14.9. The fourth-order valence-corrected chi connectivity index (χ4v) is 4.47. The summed E-state index contributed by atoms with van der Waals surface area (Å²) in [6, 6.07) is -1.60. The molecule has 0 fully saturated rings. The zero-order valence-electron chi connectivity index (χ0n) is 16.4. The Morgan fingerprint density at radius 3 is 1.36 bits per heavy atom. The SMILES string of the molecule is [2H]C([2H])(CCCCCC)CCCCCCCCCCC[Si](Cl)(Cl)Cl. The Morgan fingerprint density at radius 2 is 0.955 bits per heavy atom. The highest BCUT2D eigenvalue weighted by Gasteiger charge is 2.23. The van der Waals surface area contributed by atoms with Crippen LogP contribution in [0.4, 0.5) is 0 Å². The molecule has 0 aromatic heterocycles. The number of halogens is 3. The van der Waals surface area contributed by atoms with Crippen molar-refractivity contribution in [3.63, 3.8) is 0 Å². The standard InChI is InChI=1S/C18H37Cl3Si/c1-2-3-4-5-6-7-8-9-10-11-12-13-14-15-16-17-18-22(19,20)21/h2-18H2,1H3/i7D2. The summed E-state index contributed by atoms with van der Waals surface area (Å²) in [5, 5.41) is 0. The van der Waals surface area contributed by atoms with Crippen LogP contribution in [-0.4, -0.2) is 6.00 Å². The highest BCUT2D eigenvalue weighted by atomic mass is 35.8. The molecule has 0 atom stereocenters. The molecule has 0 aromatic carbocycles. The minimum atomic E-state index is -2.39. The van der Waals surface area contributed by atoms with Crippen LogP contribution in [0.1, 0.15) is 112 Å². The van der Waals surface area contributed by atoms with E-state index in [1.165, 1.54) is 64.2 Å². The van der Waals surface area contributed by atoms with Crippen molar-refractivity contribution in [2.75, 3.05) is 0 Å². The van der Waals surface area contributed by atoms with E-state index >= 15 is 0 Å². The van der Waals surface area contributed by atoms with Crippen molar-refractivity contribution in [3.05, 3.63) is 0 Å². The molecule has 0 amide bonds. The molecule has 0 spiro atoms. The molecule has 4 heteroatoms. The number of unbranched alkanes of at least 4 members (excludes halogenated alkanes) is 11. The van der Waals surface area contributed by atoms with Gasteiger partial charge in [-0.15, -0.1) is 33.2 Å². The van der Waals surface area contributed by atoms with Gasteiger partial charge in [0.05, 0.1) is 0 Å². The Hall–Kier alpha value is 1.09. The first-order valence-electron chi connectivity index (χ1n) is 10.3.